The SMILES string of the molecule is CCNC(CN(CC)CCOCC)(C(=O)OC)C1CC1. The summed E-state index contributed by atoms with van der Waals surface area (Å²) in [6.45, 7) is 10.8. The highest BCUT2D eigenvalue weighted by Gasteiger charge is 2.52. The largest absolute Gasteiger partial charge is 0.468 e. The Labute approximate surface area is 123 Å². The van der Waals surface area contributed by atoms with Crippen molar-refractivity contribution in [2.45, 2.75) is 39.2 Å². The molecule has 0 aromatic rings. The lowest BCUT2D eigenvalue weighted by molar-refractivity contribution is -0.151. The van der Waals surface area contributed by atoms with Crippen LogP contribution in [0.1, 0.15) is 33.6 Å². The second kappa shape index (κ2) is 8.60. The molecule has 0 radical (unpaired) electrons. The Kier molecular flexibility index (Phi) is 7.48. The number of hydrogen-bond donors (Lipinski definition) is 1. The van der Waals surface area contributed by atoms with E-state index in [0.29, 0.717) is 19.1 Å². The van der Waals surface area contributed by atoms with Gasteiger partial charge in [0.2, 0.25) is 0 Å². The molecule has 5 nitrogen and oxygen atoms in total. The average Bonchev–Trinajstić information content (AvgIpc) is 3.29. The van der Waals surface area contributed by atoms with E-state index >= 15 is 0 Å². The summed E-state index contributed by atoms with van der Waals surface area (Å²) in [7, 11) is 1.48. The van der Waals surface area contributed by atoms with E-state index in [4.69, 9.17) is 9.47 Å². The van der Waals surface area contributed by atoms with Crippen LogP contribution < -0.4 is 5.32 Å². The van der Waals surface area contributed by atoms with E-state index in [1.165, 1.54) is 7.11 Å². The van der Waals surface area contributed by atoms with Crippen molar-refractivity contribution in [3.05, 3.63) is 0 Å². The summed E-state index contributed by atoms with van der Waals surface area (Å²) in [5, 5.41) is 3.41. The predicted octanol–water partition coefficient (Wildman–Crippen LogP) is 1.28. The van der Waals surface area contributed by atoms with Crippen LogP contribution in [0, 0.1) is 5.92 Å². The molecule has 0 aromatic carbocycles. The molecule has 1 N–H and O–H groups in total. The Bertz CT molecular complexity index is 295. The number of carbonyl (C=O) groups excluding carboxylic acids is 1. The molecule has 118 valence electrons. The molecule has 1 rings (SSSR count). The molecule has 20 heavy (non-hydrogen) atoms. The van der Waals surface area contributed by atoms with Gasteiger partial charge in [-0.15, -0.1) is 0 Å². The van der Waals surface area contributed by atoms with E-state index in [1.54, 1.807) is 0 Å². The number of ether oxygens (including phenoxy) is 2. The highest BCUT2D eigenvalue weighted by Crippen LogP contribution is 2.41. The van der Waals surface area contributed by atoms with Crippen LogP contribution in [0.3, 0.4) is 0 Å². The van der Waals surface area contributed by atoms with E-state index in [1.807, 2.05) is 13.8 Å². The molecule has 1 unspecified atom stereocenters. The summed E-state index contributed by atoms with van der Waals surface area (Å²) in [5.74, 6) is 0.271. The maximum atomic E-state index is 12.3. The summed E-state index contributed by atoms with van der Waals surface area (Å²) >= 11 is 0. The van der Waals surface area contributed by atoms with Crippen molar-refractivity contribution >= 4 is 5.97 Å². The lowest BCUT2D eigenvalue weighted by Crippen LogP contribution is -2.61. The normalized spacial score (nSPS) is 18.1. The van der Waals surface area contributed by atoms with Gasteiger partial charge in [-0.25, -0.2) is 4.79 Å². The Morgan fingerprint density at radius 2 is 2.05 bits per heavy atom. The zero-order chi connectivity index (χ0) is 15.0. The fraction of sp³-hybridized carbons (Fsp3) is 0.933. The van der Waals surface area contributed by atoms with Gasteiger partial charge in [0.25, 0.3) is 0 Å². The van der Waals surface area contributed by atoms with E-state index in [0.717, 1.165) is 39.1 Å². The van der Waals surface area contributed by atoms with Crippen LogP contribution in [-0.2, 0) is 14.3 Å². The van der Waals surface area contributed by atoms with Gasteiger partial charge < -0.3 is 14.8 Å². The first-order valence-electron chi connectivity index (χ1n) is 7.78. The zero-order valence-electron chi connectivity index (χ0n) is 13.4. The Morgan fingerprint density at radius 1 is 1.35 bits per heavy atom. The summed E-state index contributed by atoms with van der Waals surface area (Å²) in [6, 6.07) is 0. The fourth-order valence-electron chi connectivity index (χ4n) is 2.75. The lowest BCUT2D eigenvalue weighted by Gasteiger charge is -2.36. The van der Waals surface area contributed by atoms with E-state index < -0.39 is 5.54 Å². The van der Waals surface area contributed by atoms with Crippen LogP contribution in [-0.4, -0.2) is 62.9 Å². The standard InChI is InChI=1S/C15H30N2O3/c1-5-16-15(13-8-9-13,14(18)19-4)12-17(6-2)10-11-20-7-3/h13,16H,5-12H2,1-4H3. The van der Waals surface area contributed by atoms with Gasteiger partial charge in [-0.1, -0.05) is 13.8 Å². The van der Waals surface area contributed by atoms with Crippen molar-refractivity contribution in [1.29, 1.82) is 0 Å². The minimum atomic E-state index is -0.550. The quantitative estimate of drug-likeness (QED) is 0.458. The molecule has 0 bridgehead atoms. The summed E-state index contributed by atoms with van der Waals surface area (Å²) in [5.41, 5.74) is -0.550. The first-order valence-corrected chi connectivity index (χ1v) is 7.78. The molecule has 1 atom stereocenters. The second-order valence-corrected chi connectivity index (χ2v) is 5.33. The number of rotatable bonds is 11. The van der Waals surface area contributed by atoms with Gasteiger partial charge in [0.1, 0.15) is 5.54 Å². The summed E-state index contributed by atoms with van der Waals surface area (Å²) < 4.78 is 10.5. The highest BCUT2D eigenvalue weighted by molar-refractivity contribution is 5.82. The van der Waals surface area contributed by atoms with Gasteiger partial charge in [0.15, 0.2) is 0 Å². The van der Waals surface area contributed by atoms with Crippen LogP contribution in [0.5, 0.6) is 0 Å². The fourth-order valence-corrected chi connectivity index (χ4v) is 2.75. The van der Waals surface area contributed by atoms with E-state index in [9.17, 15) is 4.79 Å². The van der Waals surface area contributed by atoms with Gasteiger partial charge in [-0.2, -0.15) is 0 Å². The molecule has 1 saturated carbocycles. The molecule has 5 heteroatoms. The van der Waals surface area contributed by atoms with E-state index in [2.05, 4.69) is 17.1 Å². The van der Waals surface area contributed by atoms with E-state index in [-0.39, 0.29) is 5.97 Å². The number of nitrogens with zero attached hydrogens (tertiary/aromatic N) is 1. The smallest absolute Gasteiger partial charge is 0.327 e. The predicted molar refractivity (Wildman–Crippen MR) is 79.8 cm³/mol. The van der Waals surface area contributed by atoms with Crippen LogP contribution >= 0.6 is 0 Å². The number of carbonyl (C=O) groups is 1. The number of likely N-dealkylation sites (N-methyl/N-ethyl adjacent to an activating group) is 2. The van der Waals surface area contributed by atoms with Crippen molar-refractivity contribution < 1.29 is 14.3 Å². The molecule has 0 aliphatic heterocycles. The average molecular weight is 286 g/mol. The van der Waals surface area contributed by atoms with Gasteiger partial charge in [-0.05, 0) is 38.8 Å². The van der Waals surface area contributed by atoms with Crippen LogP contribution in [0.15, 0.2) is 0 Å². The molecular weight excluding hydrogens is 256 g/mol. The minimum absolute atomic E-state index is 0.128. The summed E-state index contributed by atoms with van der Waals surface area (Å²) in [4.78, 5) is 14.6. The Morgan fingerprint density at radius 3 is 2.50 bits per heavy atom. The minimum Gasteiger partial charge on any atom is -0.468 e. The van der Waals surface area contributed by atoms with Crippen LogP contribution in [0.4, 0.5) is 0 Å². The number of esters is 1. The highest BCUT2D eigenvalue weighted by atomic mass is 16.5. The number of nitrogens with one attached hydrogen (secondary N) is 1. The van der Waals surface area contributed by atoms with Crippen molar-refractivity contribution in [2.75, 3.05) is 46.5 Å². The van der Waals surface area contributed by atoms with Gasteiger partial charge in [-0.3, -0.25) is 4.90 Å². The van der Waals surface area contributed by atoms with Crippen molar-refractivity contribution in [3.8, 4) is 0 Å². The molecule has 1 aliphatic rings. The first-order chi connectivity index (χ1) is 9.64. The molecule has 1 aliphatic carbocycles. The molecular formula is C15H30N2O3. The topological polar surface area (TPSA) is 50.8 Å². The molecule has 0 aromatic heterocycles. The third kappa shape index (κ3) is 4.43. The molecule has 0 amide bonds. The lowest BCUT2D eigenvalue weighted by atomic mass is 9.92. The summed E-state index contributed by atoms with van der Waals surface area (Å²) in [6.07, 6.45) is 2.20. The number of methoxy groups -OCH3 is 1. The van der Waals surface area contributed by atoms with Crippen LogP contribution in [0.25, 0.3) is 0 Å². The van der Waals surface area contributed by atoms with Gasteiger partial charge >= 0.3 is 5.97 Å². The number of hydrogen-bond acceptors (Lipinski definition) is 5. The van der Waals surface area contributed by atoms with Crippen molar-refractivity contribution in [3.63, 3.8) is 0 Å². The van der Waals surface area contributed by atoms with Crippen molar-refractivity contribution in [1.82, 2.24) is 10.2 Å². The Hall–Kier alpha value is -0.650. The molecule has 1 fully saturated rings. The zero-order valence-corrected chi connectivity index (χ0v) is 13.4. The third-order valence-corrected chi connectivity index (χ3v) is 3.99. The molecule has 0 saturated heterocycles. The Balaban J connectivity index is 2.73. The first kappa shape index (κ1) is 17.4. The third-order valence-electron chi connectivity index (χ3n) is 3.99. The van der Waals surface area contributed by atoms with Crippen molar-refractivity contribution in [2.24, 2.45) is 5.92 Å². The van der Waals surface area contributed by atoms with Crippen LogP contribution in [0.2, 0.25) is 0 Å². The van der Waals surface area contributed by atoms with Gasteiger partial charge in [0.05, 0.1) is 13.7 Å². The van der Waals surface area contributed by atoms with Gasteiger partial charge in [0, 0.05) is 19.7 Å². The molecule has 0 heterocycles. The maximum absolute atomic E-state index is 12.3. The maximum Gasteiger partial charge on any atom is 0.327 e. The second-order valence-electron chi connectivity index (χ2n) is 5.33. The molecule has 0 spiro atoms. The monoisotopic (exact) mass is 286 g/mol.